The van der Waals surface area contributed by atoms with E-state index >= 15 is 0 Å². The van der Waals surface area contributed by atoms with Crippen molar-refractivity contribution in [1.82, 2.24) is 5.32 Å². The van der Waals surface area contributed by atoms with Gasteiger partial charge in [0.15, 0.2) is 0 Å². The molecule has 1 aliphatic rings. The van der Waals surface area contributed by atoms with Gasteiger partial charge in [0.05, 0.1) is 6.10 Å². The highest BCUT2D eigenvalue weighted by atomic mass is 16.5. The van der Waals surface area contributed by atoms with Gasteiger partial charge in [-0.05, 0) is 56.4 Å². The summed E-state index contributed by atoms with van der Waals surface area (Å²) in [4.78, 5) is 0. The third kappa shape index (κ3) is 5.43. The molecule has 0 amide bonds. The topological polar surface area (TPSA) is 21.3 Å². The summed E-state index contributed by atoms with van der Waals surface area (Å²) in [5.74, 6) is 2.54. The predicted octanol–water partition coefficient (Wildman–Crippen LogP) is 4.24. The number of rotatable bonds is 8. The van der Waals surface area contributed by atoms with Crippen molar-refractivity contribution in [3.05, 3.63) is 0 Å². The maximum Gasteiger partial charge on any atom is 0.0726 e. The van der Waals surface area contributed by atoms with Gasteiger partial charge >= 0.3 is 0 Å². The number of methoxy groups -OCH3 is 1. The fraction of sp³-hybridized carbons (Fsp3) is 1.00. The van der Waals surface area contributed by atoms with E-state index in [4.69, 9.17) is 4.74 Å². The first-order valence-corrected chi connectivity index (χ1v) is 8.38. The second kappa shape index (κ2) is 8.97. The lowest BCUT2D eigenvalue weighted by Gasteiger charge is -2.40. The van der Waals surface area contributed by atoms with Crippen LogP contribution in [0.5, 0.6) is 0 Å². The van der Waals surface area contributed by atoms with Gasteiger partial charge in [-0.25, -0.2) is 0 Å². The summed E-state index contributed by atoms with van der Waals surface area (Å²) in [6.45, 7) is 10.5. The van der Waals surface area contributed by atoms with Gasteiger partial charge in [0.1, 0.15) is 0 Å². The zero-order valence-corrected chi connectivity index (χ0v) is 13.7. The largest absolute Gasteiger partial charge is 0.380 e. The minimum atomic E-state index is 0.388. The molecule has 1 rings (SSSR count). The molecule has 0 aliphatic heterocycles. The lowest BCUT2D eigenvalue weighted by molar-refractivity contribution is 0.0227. The summed E-state index contributed by atoms with van der Waals surface area (Å²) in [7, 11) is 1.89. The molecule has 1 N–H and O–H groups in total. The molecule has 4 unspecified atom stereocenters. The Kier molecular flexibility index (Phi) is 8.01. The van der Waals surface area contributed by atoms with Gasteiger partial charge in [-0.2, -0.15) is 0 Å². The van der Waals surface area contributed by atoms with E-state index in [9.17, 15) is 0 Å². The van der Waals surface area contributed by atoms with Crippen LogP contribution in [0, 0.1) is 17.8 Å². The number of hydrogen-bond acceptors (Lipinski definition) is 2. The molecule has 4 atom stereocenters. The van der Waals surface area contributed by atoms with Crippen molar-refractivity contribution in [2.75, 3.05) is 13.7 Å². The van der Waals surface area contributed by atoms with Crippen LogP contribution in [-0.2, 0) is 4.74 Å². The molecule has 0 bridgehead atoms. The Balaban J connectivity index is 2.70. The third-order valence-corrected chi connectivity index (χ3v) is 4.63. The third-order valence-electron chi connectivity index (χ3n) is 4.63. The SMILES string of the molecule is CCCNC(C1CC(C)CC(C)C1)C(CCC)OC. The molecule has 114 valence electrons. The van der Waals surface area contributed by atoms with E-state index in [1.165, 1.54) is 38.5 Å². The monoisotopic (exact) mass is 269 g/mol. The van der Waals surface area contributed by atoms with Crippen molar-refractivity contribution in [2.45, 2.75) is 78.4 Å². The fourth-order valence-electron chi connectivity index (χ4n) is 3.94. The normalized spacial score (nSPS) is 31.1. The van der Waals surface area contributed by atoms with E-state index in [-0.39, 0.29) is 0 Å². The maximum atomic E-state index is 5.81. The van der Waals surface area contributed by atoms with E-state index in [0.29, 0.717) is 12.1 Å². The van der Waals surface area contributed by atoms with Crippen LogP contribution in [0.15, 0.2) is 0 Å². The molecule has 0 aromatic rings. The highest BCUT2D eigenvalue weighted by Gasteiger charge is 2.33. The van der Waals surface area contributed by atoms with Crippen LogP contribution in [0.4, 0.5) is 0 Å². The van der Waals surface area contributed by atoms with Gasteiger partial charge in [-0.15, -0.1) is 0 Å². The molecule has 0 saturated heterocycles. The molecule has 1 aliphatic carbocycles. The summed E-state index contributed by atoms with van der Waals surface area (Å²) < 4.78 is 5.81. The first-order chi connectivity index (χ1) is 9.12. The van der Waals surface area contributed by atoms with Crippen LogP contribution in [-0.4, -0.2) is 25.8 Å². The molecule has 19 heavy (non-hydrogen) atoms. The van der Waals surface area contributed by atoms with Crippen molar-refractivity contribution in [3.8, 4) is 0 Å². The Morgan fingerprint density at radius 2 is 1.68 bits per heavy atom. The smallest absolute Gasteiger partial charge is 0.0726 e. The Morgan fingerprint density at radius 3 is 2.16 bits per heavy atom. The standard InChI is InChI=1S/C17H35NO/c1-6-8-16(19-5)17(18-9-7-2)15-11-13(3)10-14(4)12-15/h13-18H,6-12H2,1-5H3. The molecule has 2 heteroatoms. The van der Waals surface area contributed by atoms with Crippen LogP contribution in [0.3, 0.4) is 0 Å². The van der Waals surface area contributed by atoms with E-state index < -0.39 is 0 Å². The average Bonchev–Trinajstić information content (AvgIpc) is 2.36. The van der Waals surface area contributed by atoms with Crippen LogP contribution in [0.1, 0.15) is 66.2 Å². The summed E-state index contributed by atoms with van der Waals surface area (Å²) in [5, 5.41) is 3.79. The molecule has 2 nitrogen and oxygen atoms in total. The molecule has 0 aromatic carbocycles. The van der Waals surface area contributed by atoms with Crippen LogP contribution < -0.4 is 5.32 Å². The molecule has 0 heterocycles. The van der Waals surface area contributed by atoms with Gasteiger partial charge in [0.2, 0.25) is 0 Å². The predicted molar refractivity (Wildman–Crippen MR) is 83.5 cm³/mol. The highest BCUT2D eigenvalue weighted by Crippen LogP contribution is 2.36. The molecular formula is C17H35NO. The minimum Gasteiger partial charge on any atom is -0.380 e. The van der Waals surface area contributed by atoms with Crippen molar-refractivity contribution in [2.24, 2.45) is 17.8 Å². The number of ether oxygens (including phenoxy) is 1. The van der Waals surface area contributed by atoms with Crippen LogP contribution >= 0.6 is 0 Å². The van der Waals surface area contributed by atoms with Crippen molar-refractivity contribution in [3.63, 3.8) is 0 Å². The summed E-state index contributed by atoms with van der Waals surface area (Å²) in [5.41, 5.74) is 0. The summed E-state index contributed by atoms with van der Waals surface area (Å²) >= 11 is 0. The van der Waals surface area contributed by atoms with Crippen molar-refractivity contribution >= 4 is 0 Å². The first kappa shape index (κ1) is 17.0. The second-order valence-corrected chi connectivity index (χ2v) is 6.72. The van der Waals surface area contributed by atoms with Gasteiger partial charge in [-0.1, -0.05) is 34.1 Å². The van der Waals surface area contributed by atoms with Crippen LogP contribution in [0.2, 0.25) is 0 Å². The zero-order chi connectivity index (χ0) is 14.3. The van der Waals surface area contributed by atoms with E-state index in [0.717, 1.165) is 24.3 Å². The van der Waals surface area contributed by atoms with Crippen LogP contribution in [0.25, 0.3) is 0 Å². The highest BCUT2D eigenvalue weighted by molar-refractivity contribution is 4.88. The lowest BCUT2D eigenvalue weighted by Crippen LogP contribution is -2.48. The molecule has 0 radical (unpaired) electrons. The Morgan fingerprint density at radius 1 is 1.05 bits per heavy atom. The summed E-state index contributed by atoms with van der Waals surface area (Å²) in [6.07, 6.45) is 8.13. The van der Waals surface area contributed by atoms with E-state index in [1.807, 2.05) is 7.11 Å². The number of nitrogens with one attached hydrogen (secondary N) is 1. The maximum absolute atomic E-state index is 5.81. The Bertz CT molecular complexity index is 221. The van der Waals surface area contributed by atoms with Gasteiger partial charge in [0, 0.05) is 13.2 Å². The zero-order valence-electron chi connectivity index (χ0n) is 13.7. The molecule has 0 aromatic heterocycles. The molecule has 1 saturated carbocycles. The minimum absolute atomic E-state index is 0.388. The van der Waals surface area contributed by atoms with E-state index in [1.54, 1.807) is 0 Å². The van der Waals surface area contributed by atoms with Gasteiger partial charge < -0.3 is 10.1 Å². The Labute approximate surface area is 120 Å². The number of hydrogen-bond donors (Lipinski definition) is 1. The van der Waals surface area contributed by atoms with E-state index in [2.05, 4.69) is 33.0 Å². The van der Waals surface area contributed by atoms with Gasteiger partial charge in [-0.3, -0.25) is 0 Å². The Hall–Kier alpha value is -0.0800. The first-order valence-electron chi connectivity index (χ1n) is 8.38. The van der Waals surface area contributed by atoms with Gasteiger partial charge in [0.25, 0.3) is 0 Å². The van der Waals surface area contributed by atoms with Crippen molar-refractivity contribution in [1.29, 1.82) is 0 Å². The quantitative estimate of drug-likeness (QED) is 0.711. The molecule has 1 fully saturated rings. The van der Waals surface area contributed by atoms with Crippen molar-refractivity contribution < 1.29 is 4.74 Å². The average molecular weight is 269 g/mol. The molecule has 0 spiro atoms. The second-order valence-electron chi connectivity index (χ2n) is 6.72. The lowest BCUT2D eigenvalue weighted by atomic mass is 9.72. The summed E-state index contributed by atoms with van der Waals surface area (Å²) in [6, 6.07) is 0.551. The fourth-order valence-corrected chi connectivity index (χ4v) is 3.94. The molecular weight excluding hydrogens is 234 g/mol.